The van der Waals surface area contributed by atoms with E-state index >= 15 is 0 Å². The monoisotopic (exact) mass is 210 g/mol. The number of hydrogen-bond acceptors (Lipinski definition) is 2. The van der Waals surface area contributed by atoms with Gasteiger partial charge in [0.2, 0.25) is 0 Å². The van der Waals surface area contributed by atoms with Crippen LogP contribution >= 0.6 is 0 Å². The summed E-state index contributed by atoms with van der Waals surface area (Å²) in [7, 11) is 0. The second-order valence-electron chi connectivity index (χ2n) is 5.56. The van der Waals surface area contributed by atoms with Gasteiger partial charge in [-0.1, -0.05) is 19.8 Å². The van der Waals surface area contributed by atoms with Crippen LogP contribution in [0, 0.1) is 17.8 Å². The first kappa shape index (κ1) is 11.4. The minimum absolute atomic E-state index is 0.744. The fourth-order valence-corrected chi connectivity index (χ4v) is 3.54. The molecule has 2 nitrogen and oxygen atoms in total. The van der Waals surface area contributed by atoms with Crippen LogP contribution in [0.5, 0.6) is 0 Å². The maximum atomic E-state index is 5.83. The molecule has 15 heavy (non-hydrogen) atoms. The van der Waals surface area contributed by atoms with Crippen LogP contribution in [0.15, 0.2) is 0 Å². The maximum absolute atomic E-state index is 5.83. The van der Waals surface area contributed by atoms with E-state index in [0.717, 1.165) is 24.3 Å². The molecule has 1 aliphatic heterocycles. The van der Waals surface area contributed by atoms with Crippen molar-refractivity contribution < 1.29 is 0 Å². The van der Waals surface area contributed by atoms with Gasteiger partial charge in [-0.3, -0.25) is 0 Å². The van der Waals surface area contributed by atoms with Crippen LogP contribution in [0.2, 0.25) is 0 Å². The summed E-state index contributed by atoms with van der Waals surface area (Å²) in [5.74, 6) is 2.81. The molecule has 0 radical (unpaired) electrons. The first-order chi connectivity index (χ1) is 7.33. The lowest BCUT2D eigenvalue weighted by atomic mass is 10.0. The van der Waals surface area contributed by atoms with E-state index in [1.165, 1.54) is 51.7 Å². The van der Waals surface area contributed by atoms with E-state index in [1.807, 2.05) is 0 Å². The summed E-state index contributed by atoms with van der Waals surface area (Å²) >= 11 is 0. The van der Waals surface area contributed by atoms with Gasteiger partial charge >= 0.3 is 0 Å². The van der Waals surface area contributed by atoms with Crippen LogP contribution in [0.4, 0.5) is 0 Å². The van der Waals surface area contributed by atoms with Crippen molar-refractivity contribution in [3.63, 3.8) is 0 Å². The number of likely N-dealkylation sites (tertiary alicyclic amines) is 1. The van der Waals surface area contributed by atoms with Crippen LogP contribution in [0.3, 0.4) is 0 Å². The van der Waals surface area contributed by atoms with E-state index < -0.39 is 0 Å². The standard InChI is InChI=1S/C13H26N2/c1-2-4-11(7-14)8-15-9-12-5-3-6-13(12)10-15/h11-13H,2-10,14H2,1H3. The highest BCUT2D eigenvalue weighted by Gasteiger charge is 2.36. The fourth-order valence-electron chi connectivity index (χ4n) is 3.54. The normalized spacial score (nSPS) is 33.2. The Bertz CT molecular complexity index is 181. The van der Waals surface area contributed by atoms with Gasteiger partial charge in [0.05, 0.1) is 0 Å². The van der Waals surface area contributed by atoms with Gasteiger partial charge in [0.15, 0.2) is 0 Å². The summed E-state index contributed by atoms with van der Waals surface area (Å²) < 4.78 is 0. The van der Waals surface area contributed by atoms with Crippen LogP contribution in [-0.4, -0.2) is 31.1 Å². The Morgan fingerprint density at radius 2 is 1.93 bits per heavy atom. The predicted molar refractivity (Wildman–Crippen MR) is 64.7 cm³/mol. The summed E-state index contributed by atoms with van der Waals surface area (Å²) in [5, 5.41) is 0. The largest absolute Gasteiger partial charge is 0.330 e. The van der Waals surface area contributed by atoms with Gasteiger partial charge in [0, 0.05) is 19.6 Å². The molecule has 0 spiro atoms. The second-order valence-corrected chi connectivity index (χ2v) is 5.56. The van der Waals surface area contributed by atoms with E-state index in [9.17, 15) is 0 Å². The van der Waals surface area contributed by atoms with E-state index in [1.54, 1.807) is 0 Å². The Morgan fingerprint density at radius 3 is 2.47 bits per heavy atom. The molecule has 2 fully saturated rings. The highest BCUT2D eigenvalue weighted by molar-refractivity contribution is 4.89. The Labute approximate surface area is 94.2 Å². The van der Waals surface area contributed by atoms with Gasteiger partial charge in [-0.15, -0.1) is 0 Å². The lowest BCUT2D eigenvalue weighted by molar-refractivity contribution is 0.253. The molecule has 2 heteroatoms. The van der Waals surface area contributed by atoms with Crippen LogP contribution < -0.4 is 5.73 Å². The topological polar surface area (TPSA) is 29.3 Å². The van der Waals surface area contributed by atoms with Gasteiger partial charge in [0.1, 0.15) is 0 Å². The Kier molecular flexibility index (Phi) is 4.04. The van der Waals surface area contributed by atoms with Crippen LogP contribution in [0.1, 0.15) is 39.0 Å². The zero-order valence-corrected chi connectivity index (χ0v) is 10.1. The maximum Gasteiger partial charge on any atom is 0.00219 e. The molecule has 1 heterocycles. The van der Waals surface area contributed by atoms with Crippen LogP contribution in [0.25, 0.3) is 0 Å². The highest BCUT2D eigenvalue weighted by Crippen LogP contribution is 2.37. The van der Waals surface area contributed by atoms with E-state index in [0.29, 0.717) is 0 Å². The highest BCUT2D eigenvalue weighted by atomic mass is 15.2. The summed E-state index contributed by atoms with van der Waals surface area (Å²) in [6.07, 6.45) is 7.05. The van der Waals surface area contributed by atoms with Crippen molar-refractivity contribution in [2.45, 2.75) is 39.0 Å². The number of nitrogens with zero attached hydrogens (tertiary/aromatic N) is 1. The minimum atomic E-state index is 0.744. The predicted octanol–water partition coefficient (Wildman–Crippen LogP) is 2.09. The Morgan fingerprint density at radius 1 is 1.27 bits per heavy atom. The van der Waals surface area contributed by atoms with E-state index in [4.69, 9.17) is 5.73 Å². The molecule has 0 amide bonds. The molecule has 0 aromatic carbocycles. The molecule has 0 aromatic heterocycles. The molecule has 2 N–H and O–H groups in total. The molecule has 1 aliphatic carbocycles. The molecule has 0 aromatic rings. The van der Waals surface area contributed by atoms with E-state index in [2.05, 4.69) is 11.8 Å². The van der Waals surface area contributed by atoms with Gasteiger partial charge in [0.25, 0.3) is 0 Å². The van der Waals surface area contributed by atoms with Gasteiger partial charge in [-0.25, -0.2) is 0 Å². The van der Waals surface area contributed by atoms with Crippen molar-refractivity contribution >= 4 is 0 Å². The number of hydrogen-bond donors (Lipinski definition) is 1. The third-order valence-electron chi connectivity index (χ3n) is 4.35. The van der Waals surface area contributed by atoms with Gasteiger partial charge in [-0.05, 0) is 43.6 Å². The third kappa shape index (κ3) is 2.73. The lowest BCUT2D eigenvalue weighted by Crippen LogP contribution is -2.32. The molecular weight excluding hydrogens is 184 g/mol. The molecule has 3 unspecified atom stereocenters. The third-order valence-corrected chi connectivity index (χ3v) is 4.35. The summed E-state index contributed by atoms with van der Waals surface area (Å²) in [5.41, 5.74) is 5.83. The minimum Gasteiger partial charge on any atom is -0.330 e. The number of fused-ring (bicyclic) bond motifs is 1. The number of nitrogens with two attached hydrogens (primary N) is 1. The van der Waals surface area contributed by atoms with Crippen molar-refractivity contribution in [2.75, 3.05) is 26.2 Å². The molecule has 2 aliphatic rings. The summed E-state index contributed by atoms with van der Waals surface area (Å²) in [6.45, 7) is 7.13. The summed E-state index contributed by atoms with van der Waals surface area (Å²) in [4.78, 5) is 2.68. The first-order valence-corrected chi connectivity index (χ1v) is 6.76. The fraction of sp³-hybridized carbons (Fsp3) is 1.00. The SMILES string of the molecule is CCCC(CN)CN1CC2CCCC2C1. The van der Waals surface area contributed by atoms with Gasteiger partial charge < -0.3 is 10.6 Å². The molecule has 2 rings (SSSR count). The zero-order valence-electron chi connectivity index (χ0n) is 10.1. The molecule has 88 valence electrons. The average Bonchev–Trinajstić information content (AvgIpc) is 2.77. The molecule has 3 atom stereocenters. The van der Waals surface area contributed by atoms with Crippen molar-refractivity contribution in [1.29, 1.82) is 0 Å². The average molecular weight is 210 g/mol. The quantitative estimate of drug-likeness (QED) is 0.753. The molecular formula is C13H26N2. The van der Waals surface area contributed by atoms with E-state index in [-0.39, 0.29) is 0 Å². The van der Waals surface area contributed by atoms with Crippen molar-refractivity contribution in [3.05, 3.63) is 0 Å². The molecule has 1 saturated carbocycles. The first-order valence-electron chi connectivity index (χ1n) is 6.76. The second kappa shape index (κ2) is 5.31. The summed E-state index contributed by atoms with van der Waals surface area (Å²) in [6, 6.07) is 0. The Balaban J connectivity index is 1.76. The van der Waals surface area contributed by atoms with Crippen molar-refractivity contribution in [3.8, 4) is 0 Å². The van der Waals surface area contributed by atoms with Crippen molar-refractivity contribution in [2.24, 2.45) is 23.5 Å². The zero-order chi connectivity index (χ0) is 10.7. The van der Waals surface area contributed by atoms with Gasteiger partial charge in [-0.2, -0.15) is 0 Å². The van der Waals surface area contributed by atoms with Crippen LogP contribution in [-0.2, 0) is 0 Å². The Hall–Kier alpha value is -0.0800. The smallest absolute Gasteiger partial charge is 0.00219 e. The molecule has 1 saturated heterocycles. The lowest BCUT2D eigenvalue weighted by Gasteiger charge is -2.22. The molecule has 0 bridgehead atoms. The number of rotatable bonds is 5. The van der Waals surface area contributed by atoms with Crippen molar-refractivity contribution in [1.82, 2.24) is 4.90 Å².